The molecule has 0 fully saturated rings. The molecule has 0 amide bonds. The molecule has 0 aliphatic rings. The number of aromatic nitrogens is 6. The molecule has 0 spiro atoms. The summed E-state index contributed by atoms with van der Waals surface area (Å²) in [7, 11) is 0. The van der Waals surface area contributed by atoms with E-state index in [4.69, 9.17) is 5.10 Å². The highest BCUT2D eigenvalue weighted by molar-refractivity contribution is 5.80. The topological polar surface area (TPSA) is 92.5 Å². The minimum Gasteiger partial charge on any atom is -0.390 e. The Morgan fingerprint density at radius 3 is 2.33 bits per heavy atom. The van der Waals surface area contributed by atoms with Crippen LogP contribution in [0.2, 0.25) is 0 Å². The van der Waals surface area contributed by atoms with Crippen LogP contribution in [-0.2, 0) is 26.0 Å². The molecule has 7 nitrogen and oxygen atoms in total. The fraction of sp³-hybridized carbons (Fsp3) is 0.385. The van der Waals surface area contributed by atoms with E-state index in [0.29, 0.717) is 5.82 Å². The molecule has 0 bridgehead atoms. The molecule has 0 aliphatic carbocycles. The Bertz CT molecular complexity index is 1190. The number of nitrogens with one attached hydrogen (secondary N) is 1. The third kappa shape index (κ3) is 5.20. The number of nitrogens with zero attached hydrogens (tertiary/aromatic N) is 5. The first-order valence-electron chi connectivity index (χ1n) is 11.5. The number of aliphatic hydroxyl groups excluding tert-OH is 1. The van der Waals surface area contributed by atoms with Crippen LogP contribution in [0.15, 0.2) is 48.5 Å². The summed E-state index contributed by atoms with van der Waals surface area (Å²) in [6.45, 7) is 9.63. The molecule has 0 saturated heterocycles. The predicted molar refractivity (Wildman–Crippen MR) is 129 cm³/mol. The highest BCUT2D eigenvalue weighted by Crippen LogP contribution is 2.31. The van der Waals surface area contributed by atoms with Crippen LogP contribution >= 0.6 is 0 Å². The summed E-state index contributed by atoms with van der Waals surface area (Å²) in [5.41, 5.74) is 7.63. The molecular formula is C26H32N6O. The minimum absolute atomic E-state index is 0.0418. The average Bonchev–Trinajstić information content (AvgIpc) is 3.43. The van der Waals surface area contributed by atoms with Crippen LogP contribution in [0.25, 0.3) is 22.5 Å². The van der Waals surface area contributed by atoms with Crippen molar-refractivity contribution in [1.82, 2.24) is 30.4 Å². The molecule has 0 saturated carbocycles. The van der Waals surface area contributed by atoms with Gasteiger partial charge < -0.3 is 5.11 Å². The molecule has 4 aromatic rings. The quantitative estimate of drug-likeness (QED) is 0.407. The Labute approximate surface area is 194 Å². The molecule has 4 rings (SSSR count). The second-order valence-electron chi connectivity index (χ2n) is 9.67. The first-order valence-corrected chi connectivity index (χ1v) is 11.5. The third-order valence-electron chi connectivity index (χ3n) is 5.68. The molecule has 2 heterocycles. The summed E-state index contributed by atoms with van der Waals surface area (Å²) >= 11 is 0. The van der Waals surface area contributed by atoms with Crippen molar-refractivity contribution in [1.29, 1.82) is 0 Å². The molecule has 172 valence electrons. The Kier molecular flexibility index (Phi) is 6.70. The molecular weight excluding hydrogens is 412 g/mol. The molecule has 2 aromatic heterocycles. The molecule has 2 N–H and O–H groups in total. The van der Waals surface area contributed by atoms with Gasteiger partial charge in [-0.25, -0.2) is 5.10 Å². The Balaban J connectivity index is 1.64. The van der Waals surface area contributed by atoms with Crippen LogP contribution < -0.4 is 0 Å². The van der Waals surface area contributed by atoms with Gasteiger partial charge in [-0.3, -0.25) is 4.68 Å². The van der Waals surface area contributed by atoms with Crippen molar-refractivity contribution in [2.75, 3.05) is 0 Å². The number of benzene rings is 2. The number of aliphatic hydroxyl groups is 1. The van der Waals surface area contributed by atoms with Crippen molar-refractivity contribution in [2.45, 2.75) is 60.1 Å². The van der Waals surface area contributed by atoms with Gasteiger partial charge in [-0.1, -0.05) is 82.6 Å². The molecule has 33 heavy (non-hydrogen) atoms. The van der Waals surface area contributed by atoms with Crippen molar-refractivity contribution in [3.63, 3.8) is 0 Å². The molecule has 0 unspecified atom stereocenters. The van der Waals surface area contributed by atoms with Gasteiger partial charge in [0.15, 0.2) is 5.82 Å². The zero-order chi connectivity index (χ0) is 23.4. The number of tetrazole rings is 1. The Morgan fingerprint density at radius 2 is 1.73 bits per heavy atom. The van der Waals surface area contributed by atoms with E-state index in [2.05, 4.69) is 83.3 Å². The summed E-state index contributed by atoms with van der Waals surface area (Å²) in [5, 5.41) is 29.1. The lowest BCUT2D eigenvalue weighted by Crippen LogP contribution is -2.18. The summed E-state index contributed by atoms with van der Waals surface area (Å²) in [5.74, 6) is 0.651. The van der Waals surface area contributed by atoms with Gasteiger partial charge >= 0.3 is 0 Å². The number of H-pyrrole nitrogens is 1. The zero-order valence-corrected chi connectivity index (χ0v) is 19.8. The van der Waals surface area contributed by atoms with Crippen molar-refractivity contribution in [3.05, 3.63) is 71.0 Å². The highest BCUT2D eigenvalue weighted by Gasteiger charge is 2.21. The SMILES string of the molecule is CCCc1c(Cc2ccc(-c3ccccc3-c3nnn[nH]3)cc2)c(CO)nn1CC(C)(C)C. The molecule has 0 atom stereocenters. The van der Waals surface area contributed by atoms with Gasteiger partial charge in [-0.05, 0) is 39.0 Å². The normalized spacial score (nSPS) is 11.8. The predicted octanol–water partition coefficient (Wildman–Crippen LogP) is 4.81. The van der Waals surface area contributed by atoms with Gasteiger partial charge in [0.2, 0.25) is 0 Å². The molecule has 0 radical (unpaired) electrons. The van der Waals surface area contributed by atoms with Crippen LogP contribution in [0.1, 0.15) is 56.6 Å². The van der Waals surface area contributed by atoms with Gasteiger partial charge in [0.25, 0.3) is 0 Å². The third-order valence-corrected chi connectivity index (χ3v) is 5.68. The van der Waals surface area contributed by atoms with Crippen molar-refractivity contribution < 1.29 is 5.11 Å². The van der Waals surface area contributed by atoms with Crippen LogP contribution in [0.5, 0.6) is 0 Å². The Hall–Kier alpha value is -3.32. The summed E-state index contributed by atoms with van der Waals surface area (Å²) in [6, 6.07) is 16.7. The maximum Gasteiger partial charge on any atom is 0.180 e. The van der Waals surface area contributed by atoms with Gasteiger partial charge in [0.1, 0.15) is 0 Å². The minimum atomic E-state index is -0.0418. The van der Waals surface area contributed by atoms with Crippen molar-refractivity contribution >= 4 is 0 Å². The van der Waals surface area contributed by atoms with E-state index in [9.17, 15) is 5.11 Å². The van der Waals surface area contributed by atoms with Gasteiger partial charge in [0.05, 0.1) is 12.3 Å². The summed E-state index contributed by atoms with van der Waals surface area (Å²) in [6.07, 6.45) is 2.75. The molecule has 7 heteroatoms. The standard InChI is InChI=1S/C26H32N6O/c1-5-8-24-22(23(16-33)29-32(24)17-26(2,3)4)15-18-11-13-19(14-12-18)20-9-6-7-10-21(20)25-27-30-31-28-25/h6-7,9-14,33H,5,8,15-17H2,1-4H3,(H,27,28,30,31). The molecule has 2 aromatic carbocycles. The number of hydrogen-bond donors (Lipinski definition) is 2. The maximum atomic E-state index is 10.0. The number of aromatic amines is 1. The van der Waals surface area contributed by atoms with Gasteiger partial charge in [-0.15, -0.1) is 5.10 Å². The van der Waals surface area contributed by atoms with Crippen LogP contribution in [-0.4, -0.2) is 35.5 Å². The lowest BCUT2D eigenvalue weighted by molar-refractivity contribution is 0.269. The largest absolute Gasteiger partial charge is 0.390 e. The van der Waals surface area contributed by atoms with E-state index in [1.54, 1.807) is 0 Å². The van der Waals surface area contributed by atoms with E-state index in [0.717, 1.165) is 53.8 Å². The van der Waals surface area contributed by atoms with E-state index < -0.39 is 0 Å². The zero-order valence-electron chi connectivity index (χ0n) is 19.8. The smallest absolute Gasteiger partial charge is 0.180 e. The van der Waals surface area contributed by atoms with E-state index in [1.807, 2.05) is 18.2 Å². The monoisotopic (exact) mass is 444 g/mol. The second-order valence-corrected chi connectivity index (χ2v) is 9.67. The van der Waals surface area contributed by atoms with Crippen molar-refractivity contribution in [3.8, 4) is 22.5 Å². The van der Waals surface area contributed by atoms with Crippen LogP contribution in [0.3, 0.4) is 0 Å². The first kappa shape index (κ1) is 22.9. The molecule has 0 aliphatic heterocycles. The van der Waals surface area contributed by atoms with Crippen LogP contribution in [0.4, 0.5) is 0 Å². The second kappa shape index (κ2) is 9.67. The lowest BCUT2D eigenvalue weighted by atomic mass is 9.95. The van der Waals surface area contributed by atoms with Gasteiger partial charge in [0, 0.05) is 29.8 Å². The average molecular weight is 445 g/mol. The van der Waals surface area contributed by atoms with Crippen LogP contribution in [0, 0.1) is 5.41 Å². The summed E-state index contributed by atoms with van der Waals surface area (Å²) in [4.78, 5) is 0. The van der Waals surface area contributed by atoms with Gasteiger partial charge in [-0.2, -0.15) is 5.10 Å². The Morgan fingerprint density at radius 1 is 1.00 bits per heavy atom. The van der Waals surface area contributed by atoms with E-state index in [-0.39, 0.29) is 12.0 Å². The lowest BCUT2D eigenvalue weighted by Gasteiger charge is -2.20. The first-order chi connectivity index (χ1) is 15.9. The maximum absolute atomic E-state index is 10.0. The summed E-state index contributed by atoms with van der Waals surface area (Å²) < 4.78 is 2.11. The number of rotatable bonds is 8. The number of hydrogen-bond acceptors (Lipinski definition) is 5. The van der Waals surface area contributed by atoms with E-state index in [1.165, 1.54) is 11.3 Å². The fourth-order valence-electron chi connectivity index (χ4n) is 4.24. The highest BCUT2D eigenvalue weighted by atomic mass is 16.3. The van der Waals surface area contributed by atoms with Crippen molar-refractivity contribution in [2.24, 2.45) is 5.41 Å². The fourth-order valence-corrected chi connectivity index (χ4v) is 4.24. The van der Waals surface area contributed by atoms with E-state index >= 15 is 0 Å².